The van der Waals surface area contributed by atoms with Gasteiger partial charge in [-0.1, -0.05) is 29.8 Å². The van der Waals surface area contributed by atoms with Crippen LogP contribution in [0.4, 0.5) is 0 Å². The van der Waals surface area contributed by atoms with Gasteiger partial charge in [-0.25, -0.2) is 8.42 Å². The van der Waals surface area contributed by atoms with E-state index in [1.807, 2.05) is 49.6 Å². The fraction of sp³-hybridized carbons (Fsp3) is 0.259. The average Bonchev–Trinajstić information content (AvgIpc) is 3.33. The minimum Gasteiger partial charge on any atom is -0.491 e. The second-order valence-corrected chi connectivity index (χ2v) is 11.5. The summed E-state index contributed by atoms with van der Waals surface area (Å²) in [5.74, 6) is -0.251. The van der Waals surface area contributed by atoms with Gasteiger partial charge in [0.25, 0.3) is 5.91 Å². The van der Waals surface area contributed by atoms with Gasteiger partial charge in [-0.3, -0.25) is 9.78 Å². The average molecular weight is 570 g/mol. The predicted molar refractivity (Wildman–Crippen MR) is 148 cm³/mol. The molecule has 39 heavy (non-hydrogen) atoms. The van der Waals surface area contributed by atoms with E-state index in [4.69, 9.17) is 26.8 Å². The van der Waals surface area contributed by atoms with E-state index in [1.54, 1.807) is 12.1 Å². The SMILES string of the molecule is CNCc1ccc(-c2cccc(OC[C@@H]3CN(S(=O)(=O)c4c(C(N)=O)[nH]c5ccc(Cl)cc45)CCO3)c2)cn1. The molecule has 12 heteroatoms. The van der Waals surface area contributed by atoms with Crippen LogP contribution in [-0.4, -0.2) is 68.1 Å². The number of aromatic amines is 1. The molecular formula is C27H28ClN5O5S. The number of nitrogens with two attached hydrogens (primary N) is 1. The first-order chi connectivity index (χ1) is 18.8. The molecule has 0 spiro atoms. The third kappa shape index (κ3) is 5.77. The number of fused-ring (bicyclic) bond motifs is 1. The summed E-state index contributed by atoms with van der Waals surface area (Å²) in [6.07, 6.45) is 1.29. The molecule has 0 saturated carbocycles. The van der Waals surface area contributed by atoms with Crippen LogP contribution in [0.3, 0.4) is 0 Å². The number of hydrogen-bond acceptors (Lipinski definition) is 7. The van der Waals surface area contributed by atoms with Crippen molar-refractivity contribution in [1.82, 2.24) is 19.6 Å². The smallest absolute Gasteiger partial charge is 0.266 e. The van der Waals surface area contributed by atoms with Crippen molar-refractivity contribution in [3.8, 4) is 16.9 Å². The molecule has 1 aliphatic heterocycles. The van der Waals surface area contributed by atoms with Crippen molar-refractivity contribution < 1.29 is 22.7 Å². The number of ether oxygens (including phenoxy) is 2. The summed E-state index contributed by atoms with van der Waals surface area (Å²) < 4.78 is 40.6. The third-order valence-corrected chi connectivity index (χ3v) is 8.63. The van der Waals surface area contributed by atoms with Gasteiger partial charge in [0.05, 0.1) is 12.3 Å². The van der Waals surface area contributed by atoms with E-state index >= 15 is 0 Å². The maximum absolute atomic E-state index is 13.7. The lowest BCUT2D eigenvalue weighted by molar-refractivity contribution is -0.0249. The first kappa shape index (κ1) is 27.1. The van der Waals surface area contributed by atoms with Crippen LogP contribution >= 0.6 is 11.6 Å². The first-order valence-electron chi connectivity index (χ1n) is 12.3. The highest BCUT2D eigenvalue weighted by molar-refractivity contribution is 7.89. The highest BCUT2D eigenvalue weighted by atomic mass is 35.5. The molecule has 1 atom stereocenters. The lowest BCUT2D eigenvalue weighted by Crippen LogP contribution is -2.47. The number of rotatable bonds is 9. The number of halogens is 1. The topological polar surface area (TPSA) is 140 Å². The number of morpholine rings is 1. The zero-order valence-electron chi connectivity index (χ0n) is 21.2. The van der Waals surface area contributed by atoms with Gasteiger partial charge in [0, 0.05) is 47.3 Å². The van der Waals surface area contributed by atoms with Crippen LogP contribution < -0.4 is 15.8 Å². The highest BCUT2D eigenvalue weighted by Gasteiger charge is 2.36. The maximum atomic E-state index is 13.7. The van der Waals surface area contributed by atoms with E-state index in [0.29, 0.717) is 28.2 Å². The number of nitrogens with one attached hydrogen (secondary N) is 2. The van der Waals surface area contributed by atoms with Crippen LogP contribution in [0.1, 0.15) is 16.2 Å². The van der Waals surface area contributed by atoms with Gasteiger partial charge < -0.3 is 25.5 Å². The molecule has 4 N–H and O–H groups in total. The van der Waals surface area contributed by atoms with Crippen LogP contribution in [0.2, 0.25) is 5.02 Å². The van der Waals surface area contributed by atoms with E-state index in [0.717, 1.165) is 16.8 Å². The monoisotopic (exact) mass is 569 g/mol. The van der Waals surface area contributed by atoms with Gasteiger partial charge in [-0.15, -0.1) is 0 Å². The molecule has 1 saturated heterocycles. The molecule has 5 rings (SSSR count). The molecule has 2 aromatic carbocycles. The number of nitrogens with zero attached hydrogens (tertiary/aromatic N) is 2. The molecule has 204 valence electrons. The number of carbonyl (C=O) groups is 1. The predicted octanol–water partition coefficient (Wildman–Crippen LogP) is 3.17. The van der Waals surface area contributed by atoms with Crippen molar-refractivity contribution >= 4 is 38.4 Å². The lowest BCUT2D eigenvalue weighted by atomic mass is 10.1. The summed E-state index contributed by atoms with van der Waals surface area (Å²) in [4.78, 5) is 19.2. The van der Waals surface area contributed by atoms with Gasteiger partial charge in [-0.05, 0) is 49.0 Å². The van der Waals surface area contributed by atoms with Crippen LogP contribution in [-0.2, 0) is 21.3 Å². The Kier molecular flexibility index (Phi) is 7.87. The standard InChI is InChI=1S/C27H28ClN5O5S/c1-30-14-20-7-5-18(13-31-20)17-3-2-4-21(11-17)38-16-22-15-33(9-10-37-22)39(35,36)26-23-12-19(28)6-8-24(23)32-25(26)27(29)34/h2-8,11-13,22,30,32H,9-10,14-16H2,1H3,(H2,29,34)/t22-/m0/s1. The fourth-order valence-corrected chi connectivity index (χ4v) is 6.52. The zero-order valence-corrected chi connectivity index (χ0v) is 22.8. The number of sulfonamides is 1. The summed E-state index contributed by atoms with van der Waals surface area (Å²) in [6, 6.07) is 16.3. The molecule has 0 unspecified atom stereocenters. The Morgan fingerprint density at radius 2 is 2.08 bits per heavy atom. The molecule has 1 fully saturated rings. The molecular weight excluding hydrogens is 542 g/mol. The van der Waals surface area contributed by atoms with Gasteiger partial charge in [0.2, 0.25) is 10.0 Å². The normalized spacial score (nSPS) is 16.4. The Morgan fingerprint density at radius 3 is 2.82 bits per heavy atom. The molecule has 1 aliphatic rings. The summed E-state index contributed by atoms with van der Waals surface area (Å²) in [5.41, 5.74) is 8.63. The molecule has 4 aromatic rings. The van der Waals surface area contributed by atoms with Crippen LogP contribution in [0.5, 0.6) is 5.75 Å². The summed E-state index contributed by atoms with van der Waals surface area (Å²) in [6.45, 7) is 1.17. The molecule has 0 radical (unpaired) electrons. The molecule has 0 aliphatic carbocycles. The van der Waals surface area contributed by atoms with Crippen LogP contribution in [0.15, 0.2) is 65.7 Å². The summed E-state index contributed by atoms with van der Waals surface area (Å²) in [5, 5.41) is 3.72. The first-order valence-corrected chi connectivity index (χ1v) is 14.1. The zero-order chi connectivity index (χ0) is 27.6. The minimum atomic E-state index is -4.11. The summed E-state index contributed by atoms with van der Waals surface area (Å²) in [7, 11) is -2.24. The minimum absolute atomic E-state index is 0.0459. The van der Waals surface area contributed by atoms with Gasteiger partial charge in [0.1, 0.15) is 29.0 Å². The van der Waals surface area contributed by atoms with E-state index in [-0.39, 0.29) is 36.9 Å². The number of amides is 1. The van der Waals surface area contributed by atoms with Gasteiger partial charge >= 0.3 is 0 Å². The number of H-pyrrole nitrogens is 1. The second-order valence-electron chi connectivity index (χ2n) is 9.15. The van der Waals surface area contributed by atoms with Crippen LogP contribution in [0, 0.1) is 0 Å². The number of aromatic nitrogens is 2. The maximum Gasteiger partial charge on any atom is 0.266 e. The van der Waals surface area contributed by atoms with Crippen molar-refractivity contribution in [3.05, 3.63) is 77.2 Å². The van der Waals surface area contributed by atoms with E-state index in [9.17, 15) is 13.2 Å². The largest absolute Gasteiger partial charge is 0.491 e. The number of carbonyl (C=O) groups excluding carboxylic acids is 1. The Bertz CT molecular complexity index is 1610. The van der Waals surface area contributed by atoms with Gasteiger partial charge in [0.15, 0.2) is 0 Å². The fourth-order valence-electron chi connectivity index (χ4n) is 4.56. The molecule has 0 bridgehead atoms. The van der Waals surface area contributed by atoms with E-state index in [2.05, 4.69) is 15.3 Å². The van der Waals surface area contributed by atoms with E-state index in [1.165, 1.54) is 10.4 Å². The lowest BCUT2D eigenvalue weighted by Gasteiger charge is -2.32. The third-order valence-electron chi connectivity index (χ3n) is 6.44. The van der Waals surface area contributed by atoms with E-state index < -0.39 is 22.0 Å². The molecule has 10 nitrogen and oxygen atoms in total. The van der Waals surface area contributed by atoms with Crippen molar-refractivity contribution in [2.75, 3.05) is 33.4 Å². The Hall–Kier alpha value is -3.48. The van der Waals surface area contributed by atoms with Crippen molar-refractivity contribution in [2.24, 2.45) is 5.73 Å². The van der Waals surface area contributed by atoms with Gasteiger partial charge in [-0.2, -0.15) is 4.31 Å². The Labute approximate surface area is 231 Å². The molecule has 1 amide bonds. The number of primary amides is 1. The van der Waals surface area contributed by atoms with Crippen molar-refractivity contribution in [3.63, 3.8) is 0 Å². The Balaban J connectivity index is 1.31. The molecule has 2 aromatic heterocycles. The molecule has 3 heterocycles. The summed E-state index contributed by atoms with van der Waals surface area (Å²) >= 11 is 6.13. The highest BCUT2D eigenvalue weighted by Crippen LogP contribution is 2.32. The van der Waals surface area contributed by atoms with Crippen molar-refractivity contribution in [1.29, 1.82) is 0 Å². The quantitative estimate of drug-likeness (QED) is 0.281. The number of pyridine rings is 1. The van der Waals surface area contributed by atoms with Crippen LogP contribution in [0.25, 0.3) is 22.0 Å². The second kappa shape index (κ2) is 11.3. The van der Waals surface area contributed by atoms with Crippen molar-refractivity contribution in [2.45, 2.75) is 17.5 Å². The number of hydrogen-bond donors (Lipinski definition) is 3. The Morgan fingerprint density at radius 1 is 1.23 bits per heavy atom. The number of benzene rings is 2.